The number of aromatic amines is 2. The number of halogens is 1. The van der Waals surface area contributed by atoms with Gasteiger partial charge in [0.2, 0.25) is 18.0 Å². The smallest absolute Gasteiger partial charge is 0.407 e. The molecular weight excluding hydrogens is 920 g/mol. The second kappa shape index (κ2) is 20.3. The van der Waals surface area contributed by atoms with Crippen LogP contribution in [0.5, 0.6) is 5.75 Å². The van der Waals surface area contributed by atoms with Crippen molar-refractivity contribution in [1.29, 1.82) is 0 Å². The van der Waals surface area contributed by atoms with Crippen LogP contribution < -0.4 is 15.4 Å². The summed E-state index contributed by atoms with van der Waals surface area (Å²) in [6.45, 7) is 11.5. The number of likely N-dealkylation sites (tertiary alicyclic amines) is 2. The first kappa shape index (κ1) is 48.2. The van der Waals surface area contributed by atoms with E-state index in [1.54, 1.807) is 28.4 Å². The Hall–Kier alpha value is -6.80. The first-order valence-electron chi connectivity index (χ1n) is 23.9. The number of amides is 4. The number of carbonyl (C=O) groups excluding carboxylic acids is 4. The van der Waals surface area contributed by atoms with E-state index in [1.807, 2.05) is 62.6 Å². The van der Waals surface area contributed by atoms with Crippen LogP contribution in [0, 0.1) is 17.7 Å². The summed E-state index contributed by atoms with van der Waals surface area (Å²) >= 11 is 1.47. The third-order valence-corrected chi connectivity index (χ3v) is 14.3. The highest BCUT2D eigenvalue weighted by Crippen LogP contribution is 2.48. The number of hydrogen-bond acceptors (Lipinski definition) is 12. The Kier molecular flexibility index (Phi) is 14.0. The molecule has 18 nitrogen and oxygen atoms in total. The molecule has 2 saturated heterocycles. The van der Waals surface area contributed by atoms with Crippen LogP contribution in [-0.2, 0) is 30.4 Å². The Morgan fingerprint density at radius 2 is 1.41 bits per heavy atom. The number of carbonyl (C=O) groups is 4. The van der Waals surface area contributed by atoms with E-state index in [4.69, 9.17) is 28.9 Å². The lowest BCUT2D eigenvalue weighted by Crippen LogP contribution is -2.51. The fourth-order valence-electron chi connectivity index (χ4n) is 9.79. The molecule has 70 heavy (non-hydrogen) atoms. The topological polar surface area (TPSA) is 211 Å². The molecule has 3 aliphatic heterocycles. The number of nitrogens with zero attached hydrogens (tertiary/aromatic N) is 6. The molecule has 370 valence electrons. The van der Waals surface area contributed by atoms with E-state index < -0.39 is 36.3 Å². The summed E-state index contributed by atoms with van der Waals surface area (Å²) in [5, 5.41) is 7.02. The standard InChI is InChI=1S/C50H59FN10O8S/c1-8-17-68-25-40-52-24-39(70-40)48-61-34-14-13-28(32-22-53-44(55-32)35-11-9-15-59(35)46(62)42(26(2)3)57-49(64)66-6)18-30(34)20-37(61)41-31(51)19-29(21-38(41)69-48)33-23-54-45(56-33)36-12-10-16-60(36)47(63)43(27(4)5)58-50(65)67-7/h13-14,18-24,26-27,35-36,42-43,48H,8-12,15-17,25H2,1-7H3,(H,53,55)(H,54,56)(H,57,64)(H,58,65)/t35-,36-,42-,43-,48?/m0/s1. The van der Waals surface area contributed by atoms with E-state index >= 15 is 4.39 Å². The van der Waals surface area contributed by atoms with Crippen molar-refractivity contribution < 1.29 is 42.5 Å². The molecule has 0 radical (unpaired) electrons. The van der Waals surface area contributed by atoms with Gasteiger partial charge in [-0.25, -0.2) is 28.9 Å². The van der Waals surface area contributed by atoms with Crippen LogP contribution in [0.25, 0.3) is 44.7 Å². The molecule has 20 heteroatoms. The van der Waals surface area contributed by atoms with Gasteiger partial charge in [-0.3, -0.25) is 14.2 Å². The number of aromatic nitrogens is 6. The van der Waals surface area contributed by atoms with E-state index in [-0.39, 0.29) is 35.7 Å². The van der Waals surface area contributed by atoms with Crippen molar-refractivity contribution in [2.75, 3.05) is 33.9 Å². The Morgan fingerprint density at radius 3 is 1.99 bits per heavy atom. The van der Waals surface area contributed by atoms with E-state index in [1.165, 1.54) is 31.6 Å². The summed E-state index contributed by atoms with van der Waals surface area (Å²) in [6, 6.07) is 9.04. The van der Waals surface area contributed by atoms with Gasteiger partial charge in [-0.2, -0.15) is 0 Å². The molecule has 9 rings (SSSR count). The number of thiazole rings is 1. The number of hydrogen-bond donors (Lipinski definition) is 4. The minimum absolute atomic E-state index is 0.161. The molecule has 0 saturated carbocycles. The summed E-state index contributed by atoms with van der Waals surface area (Å²) in [5.74, 6) is 0.288. The van der Waals surface area contributed by atoms with E-state index in [0.29, 0.717) is 79.1 Å². The number of fused-ring (bicyclic) bond motifs is 5. The summed E-state index contributed by atoms with van der Waals surface area (Å²) in [4.78, 5) is 77.2. The molecule has 7 heterocycles. The molecule has 6 aromatic rings. The SMILES string of the molecule is CCCOCc1ncc(C2Oc3cc(-c4cnc([C@@H]5CCCN5C(=O)[C@@H](NC(=O)OC)C(C)C)[nH]4)cc(F)c3-c3cc4cc(-c5cnc([C@@H]6CCCN6C(=O)[C@@H](NC(=O)OC)C(C)C)[nH]5)ccc4n32)s1. The lowest BCUT2D eigenvalue weighted by molar-refractivity contribution is -0.136. The van der Waals surface area contributed by atoms with Gasteiger partial charge in [0, 0.05) is 42.4 Å². The van der Waals surface area contributed by atoms with Crippen molar-refractivity contribution in [2.24, 2.45) is 11.8 Å². The Bertz CT molecular complexity index is 2910. The zero-order chi connectivity index (χ0) is 49.4. The van der Waals surface area contributed by atoms with Crippen LogP contribution in [0.2, 0.25) is 0 Å². The molecule has 0 bridgehead atoms. The van der Waals surface area contributed by atoms with E-state index in [2.05, 4.69) is 32.5 Å². The van der Waals surface area contributed by atoms with Gasteiger partial charge in [0.25, 0.3) is 0 Å². The Labute approximate surface area is 408 Å². The highest BCUT2D eigenvalue weighted by Gasteiger charge is 2.40. The normalized spacial score (nSPS) is 18.5. The van der Waals surface area contributed by atoms with Crippen molar-refractivity contribution in [2.45, 2.75) is 104 Å². The first-order chi connectivity index (χ1) is 33.8. The fourth-order valence-corrected chi connectivity index (χ4v) is 10.7. The molecule has 4 N–H and O–H groups in total. The lowest BCUT2D eigenvalue weighted by Gasteiger charge is -2.30. The molecule has 2 fully saturated rings. The molecule has 1 unspecified atom stereocenters. The molecule has 2 aromatic carbocycles. The van der Waals surface area contributed by atoms with Crippen molar-refractivity contribution in [1.82, 2.24) is 49.9 Å². The van der Waals surface area contributed by atoms with Gasteiger partial charge in [0.1, 0.15) is 40.3 Å². The van der Waals surface area contributed by atoms with Gasteiger partial charge in [-0.05, 0) is 74.3 Å². The van der Waals surface area contributed by atoms with Gasteiger partial charge >= 0.3 is 12.2 Å². The summed E-state index contributed by atoms with van der Waals surface area (Å²) in [6.07, 6.45) is 6.94. The minimum Gasteiger partial charge on any atom is -0.464 e. The number of H-pyrrole nitrogens is 2. The monoisotopic (exact) mass is 978 g/mol. The van der Waals surface area contributed by atoms with E-state index in [0.717, 1.165) is 51.3 Å². The number of nitrogens with one attached hydrogen (secondary N) is 4. The van der Waals surface area contributed by atoms with Crippen molar-refractivity contribution in [3.63, 3.8) is 0 Å². The molecule has 4 amide bonds. The van der Waals surface area contributed by atoms with Gasteiger partial charge in [0.15, 0.2) is 0 Å². The summed E-state index contributed by atoms with van der Waals surface area (Å²) in [7, 11) is 2.54. The Balaban J connectivity index is 1.04. The molecule has 5 atom stereocenters. The van der Waals surface area contributed by atoms with Crippen LogP contribution in [0.4, 0.5) is 14.0 Å². The van der Waals surface area contributed by atoms with Gasteiger partial charge in [0.05, 0.1) is 78.3 Å². The number of rotatable bonds is 15. The first-order valence-corrected chi connectivity index (χ1v) is 24.7. The highest BCUT2D eigenvalue weighted by atomic mass is 32.1. The third kappa shape index (κ3) is 9.33. The maximum atomic E-state index is 16.9. The third-order valence-electron chi connectivity index (χ3n) is 13.3. The maximum Gasteiger partial charge on any atom is 0.407 e. The number of methoxy groups -OCH3 is 2. The molecule has 4 aromatic heterocycles. The highest BCUT2D eigenvalue weighted by molar-refractivity contribution is 7.11. The quantitative estimate of drug-likeness (QED) is 0.0716. The second-order valence-electron chi connectivity index (χ2n) is 18.6. The van der Waals surface area contributed by atoms with Crippen molar-refractivity contribution in [3.8, 4) is 39.5 Å². The molecule has 0 spiro atoms. The van der Waals surface area contributed by atoms with Gasteiger partial charge in [-0.15, -0.1) is 11.3 Å². The number of imidazole rings is 2. The zero-order valence-corrected chi connectivity index (χ0v) is 41.2. The van der Waals surface area contributed by atoms with Crippen molar-refractivity contribution in [3.05, 3.63) is 82.3 Å². The average Bonchev–Trinajstić information content (AvgIpc) is 4.21. The van der Waals surface area contributed by atoms with Crippen LogP contribution >= 0.6 is 11.3 Å². The van der Waals surface area contributed by atoms with Gasteiger partial charge in [-0.1, -0.05) is 40.7 Å². The number of ether oxygens (including phenoxy) is 4. The second-order valence-corrected chi connectivity index (χ2v) is 19.8. The molecule has 3 aliphatic rings. The summed E-state index contributed by atoms with van der Waals surface area (Å²) in [5.41, 5.74) is 4.39. The molecule has 0 aliphatic carbocycles. The van der Waals surface area contributed by atoms with Crippen LogP contribution in [0.15, 0.2) is 55.0 Å². The predicted octanol–water partition coefficient (Wildman–Crippen LogP) is 8.64. The zero-order valence-electron chi connectivity index (χ0n) is 40.3. The summed E-state index contributed by atoms with van der Waals surface area (Å²) < 4.78 is 41.2. The fraction of sp³-hybridized carbons (Fsp3) is 0.460. The lowest BCUT2D eigenvalue weighted by atomic mass is 10.0. The maximum absolute atomic E-state index is 16.9. The number of alkyl carbamates (subject to hydrolysis) is 2. The van der Waals surface area contributed by atoms with Crippen LogP contribution in [-0.4, -0.2) is 109 Å². The minimum atomic E-state index is -0.782. The van der Waals surface area contributed by atoms with Gasteiger partial charge < -0.3 is 49.3 Å². The number of benzene rings is 2. The van der Waals surface area contributed by atoms with E-state index in [9.17, 15) is 19.2 Å². The van der Waals surface area contributed by atoms with Crippen molar-refractivity contribution >= 4 is 46.2 Å². The molecular formula is C50H59FN10O8S. The predicted molar refractivity (Wildman–Crippen MR) is 259 cm³/mol. The average molecular weight is 979 g/mol. The van der Waals surface area contributed by atoms with Crippen LogP contribution in [0.3, 0.4) is 0 Å². The largest absolute Gasteiger partial charge is 0.464 e. The Morgan fingerprint density at radius 1 is 0.814 bits per heavy atom. The van der Waals surface area contributed by atoms with Crippen LogP contribution in [0.1, 0.15) is 107 Å².